The molecule has 7 heteroatoms. The highest BCUT2D eigenvalue weighted by atomic mass is 16.5. The molecular formula is C11H14N4O3. The van der Waals surface area contributed by atoms with Crippen molar-refractivity contribution < 1.29 is 14.4 Å². The van der Waals surface area contributed by atoms with Crippen molar-refractivity contribution in [3.05, 3.63) is 18.3 Å². The maximum atomic E-state index is 9.50. The Bertz CT molecular complexity index is 514. The van der Waals surface area contributed by atoms with Gasteiger partial charge in [0.15, 0.2) is 0 Å². The summed E-state index contributed by atoms with van der Waals surface area (Å²) in [6.45, 7) is 1.89. The van der Waals surface area contributed by atoms with Crippen molar-refractivity contribution in [3.8, 4) is 17.4 Å². The van der Waals surface area contributed by atoms with Crippen molar-refractivity contribution in [2.45, 2.75) is 25.9 Å². The molecule has 1 unspecified atom stereocenters. The molecule has 0 amide bonds. The van der Waals surface area contributed by atoms with Crippen LogP contribution >= 0.6 is 0 Å². The Morgan fingerprint density at radius 3 is 3.00 bits per heavy atom. The van der Waals surface area contributed by atoms with Crippen LogP contribution in [0.1, 0.15) is 19.2 Å². The van der Waals surface area contributed by atoms with E-state index in [0.717, 1.165) is 0 Å². The van der Waals surface area contributed by atoms with Gasteiger partial charge in [-0.1, -0.05) is 12.1 Å². The molecule has 18 heavy (non-hydrogen) atoms. The summed E-state index contributed by atoms with van der Waals surface area (Å²) >= 11 is 0. The highest BCUT2D eigenvalue weighted by Crippen LogP contribution is 2.17. The van der Waals surface area contributed by atoms with Gasteiger partial charge in [-0.2, -0.15) is 4.98 Å². The normalized spacial score (nSPS) is 12.4. The molecule has 2 aromatic rings. The van der Waals surface area contributed by atoms with Crippen molar-refractivity contribution in [1.29, 1.82) is 0 Å². The first-order chi connectivity index (χ1) is 8.72. The van der Waals surface area contributed by atoms with Crippen LogP contribution in [0.5, 0.6) is 5.88 Å². The standard InChI is InChI=1S/C11H14N4O3/c1-3-7(16)4-10-14-11(15-18-10)8-5-9(17-2)13-6-12-8/h5-7,16H,3-4H2,1-2H3. The van der Waals surface area contributed by atoms with Gasteiger partial charge in [0.25, 0.3) is 0 Å². The number of methoxy groups -OCH3 is 1. The molecular weight excluding hydrogens is 236 g/mol. The molecule has 0 aliphatic carbocycles. The van der Waals surface area contributed by atoms with E-state index in [1.807, 2.05) is 6.92 Å². The highest BCUT2D eigenvalue weighted by molar-refractivity contribution is 5.49. The lowest BCUT2D eigenvalue weighted by atomic mass is 10.2. The Kier molecular flexibility index (Phi) is 3.83. The number of hydrogen-bond donors (Lipinski definition) is 1. The molecule has 2 heterocycles. The lowest BCUT2D eigenvalue weighted by Gasteiger charge is -2.01. The second-order valence-electron chi connectivity index (χ2n) is 3.72. The number of hydrogen-bond acceptors (Lipinski definition) is 7. The summed E-state index contributed by atoms with van der Waals surface area (Å²) in [7, 11) is 1.52. The second kappa shape index (κ2) is 5.54. The number of nitrogens with zero attached hydrogens (tertiary/aromatic N) is 4. The van der Waals surface area contributed by atoms with E-state index in [2.05, 4.69) is 20.1 Å². The van der Waals surface area contributed by atoms with Gasteiger partial charge in [0.2, 0.25) is 17.6 Å². The largest absolute Gasteiger partial charge is 0.481 e. The first-order valence-corrected chi connectivity index (χ1v) is 5.60. The molecule has 0 spiro atoms. The van der Waals surface area contributed by atoms with Gasteiger partial charge in [-0.05, 0) is 6.42 Å². The lowest BCUT2D eigenvalue weighted by Crippen LogP contribution is -2.08. The smallest absolute Gasteiger partial charge is 0.229 e. The van der Waals surface area contributed by atoms with Crippen LogP contribution < -0.4 is 4.74 Å². The van der Waals surface area contributed by atoms with Crippen molar-refractivity contribution in [3.63, 3.8) is 0 Å². The number of rotatable bonds is 5. The average Bonchev–Trinajstić information content (AvgIpc) is 2.87. The molecule has 1 atom stereocenters. The zero-order valence-electron chi connectivity index (χ0n) is 10.2. The van der Waals surface area contributed by atoms with Crippen LogP contribution in [-0.2, 0) is 6.42 Å². The third-order valence-corrected chi connectivity index (χ3v) is 2.43. The van der Waals surface area contributed by atoms with Crippen LogP contribution in [0.3, 0.4) is 0 Å². The summed E-state index contributed by atoms with van der Waals surface area (Å²) < 4.78 is 10.0. The number of aliphatic hydroxyl groups excluding tert-OH is 1. The Balaban J connectivity index is 2.18. The zero-order chi connectivity index (χ0) is 13.0. The Morgan fingerprint density at radius 1 is 1.44 bits per heavy atom. The minimum absolute atomic E-state index is 0.339. The first kappa shape index (κ1) is 12.4. The minimum Gasteiger partial charge on any atom is -0.481 e. The monoisotopic (exact) mass is 250 g/mol. The van der Waals surface area contributed by atoms with E-state index in [9.17, 15) is 5.11 Å². The topological polar surface area (TPSA) is 94.2 Å². The predicted octanol–water partition coefficient (Wildman–Crippen LogP) is 0.849. The summed E-state index contributed by atoms with van der Waals surface area (Å²) in [5.74, 6) is 1.17. The highest BCUT2D eigenvalue weighted by Gasteiger charge is 2.13. The van der Waals surface area contributed by atoms with Crippen molar-refractivity contribution in [2.24, 2.45) is 0 Å². The van der Waals surface area contributed by atoms with Crippen LogP contribution in [0.15, 0.2) is 16.9 Å². The first-order valence-electron chi connectivity index (χ1n) is 5.60. The average molecular weight is 250 g/mol. The summed E-state index contributed by atoms with van der Waals surface area (Å²) in [4.78, 5) is 12.1. The maximum Gasteiger partial charge on any atom is 0.229 e. The summed E-state index contributed by atoms with van der Waals surface area (Å²) in [6.07, 6.45) is 1.87. The lowest BCUT2D eigenvalue weighted by molar-refractivity contribution is 0.158. The van der Waals surface area contributed by atoms with E-state index in [0.29, 0.717) is 36.1 Å². The molecule has 0 aromatic carbocycles. The number of ether oxygens (including phenoxy) is 1. The van der Waals surface area contributed by atoms with E-state index in [1.165, 1.54) is 13.4 Å². The fourth-order valence-corrected chi connectivity index (χ4v) is 1.36. The molecule has 1 N–H and O–H groups in total. The quantitative estimate of drug-likeness (QED) is 0.840. The molecule has 0 aliphatic rings. The molecule has 0 radical (unpaired) electrons. The van der Waals surface area contributed by atoms with Gasteiger partial charge in [0.1, 0.15) is 12.0 Å². The molecule has 0 saturated carbocycles. The van der Waals surface area contributed by atoms with Crippen LogP contribution in [0.25, 0.3) is 11.5 Å². The predicted molar refractivity (Wildman–Crippen MR) is 61.9 cm³/mol. The molecule has 7 nitrogen and oxygen atoms in total. The Hall–Kier alpha value is -2.02. The fraction of sp³-hybridized carbons (Fsp3) is 0.455. The van der Waals surface area contributed by atoms with Crippen molar-refractivity contribution in [1.82, 2.24) is 20.1 Å². The van der Waals surface area contributed by atoms with Gasteiger partial charge in [-0.15, -0.1) is 0 Å². The Morgan fingerprint density at radius 2 is 2.28 bits per heavy atom. The third-order valence-electron chi connectivity index (χ3n) is 2.43. The zero-order valence-corrected chi connectivity index (χ0v) is 10.2. The van der Waals surface area contributed by atoms with Crippen LogP contribution in [0, 0.1) is 0 Å². The van der Waals surface area contributed by atoms with E-state index in [1.54, 1.807) is 6.07 Å². The van der Waals surface area contributed by atoms with Gasteiger partial charge in [0.05, 0.1) is 19.6 Å². The molecule has 0 aliphatic heterocycles. The van der Waals surface area contributed by atoms with E-state index < -0.39 is 6.10 Å². The fourth-order valence-electron chi connectivity index (χ4n) is 1.36. The van der Waals surface area contributed by atoms with E-state index >= 15 is 0 Å². The number of aliphatic hydroxyl groups is 1. The maximum absolute atomic E-state index is 9.50. The molecule has 0 saturated heterocycles. The van der Waals surface area contributed by atoms with E-state index in [4.69, 9.17) is 9.26 Å². The molecule has 96 valence electrons. The van der Waals surface area contributed by atoms with Crippen LogP contribution in [-0.4, -0.2) is 38.4 Å². The summed E-state index contributed by atoms with van der Waals surface area (Å²) in [5, 5.41) is 13.3. The van der Waals surface area contributed by atoms with Crippen LogP contribution in [0.4, 0.5) is 0 Å². The van der Waals surface area contributed by atoms with Gasteiger partial charge in [0, 0.05) is 6.07 Å². The van der Waals surface area contributed by atoms with Crippen molar-refractivity contribution >= 4 is 0 Å². The molecule has 2 aromatic heterocycles. The number of aromatic nitrogens is 4. The summed E-state index contributed by atoms with van der Waals surface area (Å²) in [5.41, 5.74) is 0.517. The van der Waals surface area contributed by atoms with Gasteiger partial charge < -0.3 is 14.4 Å². The van der Waals surface area contributed by atoms with Crippen molar-refractivity contribution in [2.75, 3.05) is 7.11 Å². The van der Waals surface area contributed by atoms with Crippen LogP contribution in [0.2, 0.25) is 0 Å². The SMILES string of the molecule is CCC(O)Cc1nc(-c2cc(OC)ncn2)no1. The summed E-state index contributed by atoms with van der Waals surface area (Å²) in [6, 6.07) is 1.62. The Labute approximate surface area is 104 Å². The molecule has 2 rings (SSSR count). The van der Waals surface area contributed by atoms with E-state index in [-0.39, 0.29) is 0 Å². The molecule has 0 bridgehead atoms. The van der Waals surface area contributed by atoms with Gasteiger partial charge in [-0.3, -0.25) is 0 Å². The third kappa shape index (κ3) is 2.80. The van der Waals surface area contributed by atoms with Gasteiger partial charge in [-0.25, -0.2) is 9.97 Å². The van der Waals surface area contributed by atoms with Gasteiger partial charge >= 0.3 is 0 Å². The minimum atomic E-state index is -0.474. The second-order valence-corrected chi connectivity index (χ2v) is 3.72. The molecule has 0 fully saturated rings.